The van der Waals surface area contributed by atoms with Gasteiger partial charge in [0.2, 0.25) is 0 Å². The number of rotatable bonds is 6. The molecule has 5 nitrogen and oxygen atoms in total. The van der Waals surface area contributed by atoms with Gasteiger partial charge in [-0.25, -0.2) is 9.97 Å². The molecule has 1 saturated carbocycles. The lowest BCUT2D eigenvalue weighted by atomic mass is 9.79. The summed E-state index contributed by atoms with van der Waals surface area (Å²) in [6.45, 7) is 8.07. The minimum Gasteiger partial charge on any atom is -0.396 e. The zero-order chi connectivity index (χ0) is 15.2. The lowest BCUT2D eigenvalue weighted by molar-refractivity contribution is 0.141. The molecular weight excluding hydrogens is 264 g/mol. The van der Waals surface area contributed by atoms with Gasteiger partial charge in [0, 0.05) is 25.3 Å². The van der Waals surface area contributed by atoms with Crippen LogP contribution in [0.2, 0.25) is 0 Å². The number of aliphatic hydroxyl groups is 1. The fourth-order valence-corrected chi connectivity index (χ4v) is 3.16. The van der Waals surface area contributed by atoms with Gasteiger partial charge in [0.25, 0.3) is 0 Å². The molecule has 1 aliphatic carbocycles. The quantitative estimate of drug-likeness (QED) is 0.752. The molecule has 0 amide bonds. The van der Waals surface area contributed by atoms with Crippen molar-refractivity contribution < 1.29 is 5.11 Å². The van der Waals surface area contributed by atoms with Crippen LogP contribution in [0, 0.1) is 25.7 Å². The first-order chi connectivity index (χ1) is 10.2. The van der Waals surface area contributed by atoms with Gasteiger partial charge >= 0.3 is 0 Å². The number of nitrogens with one attached hydrogen (secondary N) is 2. The second-order valence-corrected chi connectivity index (χ2v) is 5.99. The Morgan fingerprint density at radius 1 is 1.05 bits per heavy atom. The summed E-state index contributed by atoms with van der Waals surface area (Å²) < 4.78 is 0. The first-order valence-electron chi connectivity index (χ1n) is 8.09. The van der Waals surface area contributed by atoms with Gasteiger partial charge in [-0.3, -0.25) is 0 Å². The van der Waals surface area contributed by atoms with Crippen molar-refractivity contribution in [3.8, 4) is 0 Å². The van der Waals surface area contributed by atoms with Crippen molar-refractivity contribution in [3.05, 3.63) is 11.4 Å². The fraction of sp³-hybridized carbons (Fsp3) is 0.750. The van der Waals surface area contributed by atoms with Crippen LogP contribution in [-0.2, 0) is 0 Å². The van der Waals surface area contributed by atoms with E-state index < -0.39 is 0 Å². The molecule has 0 bridgehead atoms. The normalized spacial score (nSPS) is 22.1. The highest BCUT2D eigenvalue weighted by Crippen LogP contribution is 2.30. The summed E-state index contributed by atoms with van der Waals surface area (Å²) in [5.41, 5.74) is 1.07. The summed E-state index contributed by atoms with van der Waals surface area (Å²) in [7, 11) is 0. The Hall–Kier alpha value is -1.36. The highest BCUT2D eigenvalue weighted by Gasteiger charge is 2.24. The zero-order valence-electron chi connectivity index (χ0n) is 13.4. The van der Waals surface area contributed by atoms with Crippen LogP contribution in [-0.4, -0.2) is 34.8 Å². The topological polar surface area (TPSA) is 70.1 Å². The molecule has 118 valence electrons. The molecule has 0 aliphatic heterocycles. The van der Waals surface area contributed by atoms with Crippen molar-refractivity contribution in [1.82, 2.24) is 9.97 Å². The van der Waals surface area contributed by atoms with Gasteiger partial charge < -0.3 is 15.7 Å². The van der Waals surface area contributed by atoms with Gasteiger partial charge in [0.15, 0.2) is 0 Å². The smallest absolute Gasteiger partial charge is 0.134 e. The monoisotopic (exact) mass is 292 g/mol. The number of hydrogen-bond donors (Lipinski definition) is 3. The van der Waals surface area contributed by atoms with Crippen LogP contribution in [0.25, 0.3) is 0 Å². The van der Waals surface area contributed by atoms with Crippen LogP contribution in [0.15, 0.2) is 0 Å². The molecule has 0 saturated heterocycles. The van der Waals surface area contributed by atoms with E-state index in [4.69, 9.17) is 0 Å². The van der Waals surface area contributed by atoms with E-state index in [1.807, 2.05) is 13.8 Å². The predicted molar refractivity (Wildman–Crippen MR) is 86.7 cm³/mol. The van der Waals surface area contributed by atoms with Gasteiger partial charge in [0.1, 0.15) is 17.5 Å². The third-order valence-electron chi connectivity index (χ3n) is 4.43. The first kappa shape index (κ1) is 16.0. The van der Waals surface area contributed by atoms with Crippen LogP contribution in [0.4, 0.5) is 11.6 Å². The Kier molecular flexibility index (Phi) is 5.79. The van der Waals surface area contributed by atoms with E-state index in [0.29, 0.717) is 18.4 Å². The fourth-order valence-electron chi connectivity index (χ4n) is 3.16. The Balaban J connectivity index is 2.05. The average Bonchev–Trinajstić information content (AvgIpc) is 2.49. The van der Waals surface area contributed by atoms with Crippen molar-refractivity contribution in [1.29, 1.82) is 0 Å². The first-order valence-corrected chi connectivity index (χ1v) is 8.09. The number of anilines is 2. The number of aryl methyl sites for hydroxylation is 1. The van der Waals surface area contributed by atoms with Crippen LogP contribution in [0.5, 0.6) is 0 Å². The van der Waals surface area contributed by atoms with E-state index in [9.17, 15) is 5.11 Å². The van der Waals surface area contributed by atoms with Gasteiger partial charge in [-0.05, 0) is 45.4 Å². The molecule has 2 atom stereocenters. The van der Waals surface area contributed by atoms with E-state index in [1.165, 1.54) is 19.3 Å². The predicted octanol–water partition coefficient (Wildman–Crippen LogP) is 2.74. The lowest BCUT2D eigenvalue weighted by Gasteiger charge is -2.30. The average molecular weight is 292 g/mol. The summed E-state index contributed by atoms with van der Waals surface area (Å²) in [6.07, 6.45) is 4.86. The molecule has 5 heteroatoms. The summed E-state index contributed by atoms with van der Waals surface area (Å²) in [4.78, 5) is 8.97. The van der Waals surface area contributed by atoms with E-state index in [-0.39, 0.29) is 0 Å². The molecule has 1 aromatic rings. The van der Waals surface area contributed by atoms with Gasteiger partial charge in [0.05, 0.1) is 0 Å². The molecule has 0 aromatic carbocycles. The maximum atomic E-state index is 9.51. The number of aliphatic hydroxyl groups excluding tert-OH is 1. The van der Waals surface area contributed by atoms with E-state index >= 15 is 0 Å². The van der Waals surface area contributed by atoms with Gasteiger partial charge in [-0.2, -0.15) is 0 Å². The van der Waals surface area contributed by atoms with E-state index in [2.05, 4.69) is 27.5 Å². The highest BCUT2D eigenvalue weighted by atomic mass is 16.3. The number of aromatic nitrogens is 2. The Bertz CT molecular complexity index is 464. The highest BCUT2D eigenvalue weighted by molar-refractivity contribution is 5.57. The number of hydrogen-bond acceptors (Lipinski definition) is 5. The number of nitrogens with zero attached hydrogens (tertiary/aromatic N) is 2. The van der Waals surface area contributed by atoms with E-state index in [0.717, 1.165) is 42.5 Å². The van der Waals surface area contributed by atoms with Crippen molar-refractivity contribution in [3.63, 3.8) is 0 Å². The second-order valence-electron chi connectivity index (χ2n) is 5.99. The molecule has 3 N–H and O–H groups in total. The van der Waals surface area contributed by atoms with Crippen molar-refractivity contribution in [2.75, 3.05) is 30.3 Å². The van der Waals surface area contributed by atoms with Crippen LogP contribution < -0.4 is 10.6 Å². The van der Waals surface area contributed by atoms with Crippen LogP contribution >= 0.6 is 0 Å². The lowest BCUT2D eigenvalue weighted by Crippen LogP contribution is -2.29. The Morgan fingerprint density at radius 2 is 1.67 bits per heavy atom. The maximum absolute atomic E-state index is 9.51. The standard InChI is InChI=1S/C16H28N4O/c1-4-17-15-11(2)16(20-12(3)19-15)18-9-13-7-5-6-8-14(13)10-21/h13-14,21H,4-10H2,1-3H3,(H2,17,18,19,20). The molecule has 0 spiro atoms. The third kappa shape index (κ3) is 4.06. The summed E-state index contributed by atoms with van der Waals surface area (Å²) >= 11 is 0. The minimum atomic E-state index is 0.302. The molecule has 1 aromatic heterocycles. The van der Waals surface area contributed by atoms with Crippen LogP contribution in [0.3, 0.4) is 0 Å². The van der Waals surface area contributed by atoms with Crippen molar-refractivity contribution >= 4 is 11.6 Å². The minimum absolute atomic E-state index is 0.302. The zero-order valence-corrected chi connectivity index (χ0v) is 13.4. The Labute approximate surface area is 127 Å². The SMILES string of the molecule is CCNc1nc(C)nc(NCC2CCCCC2CO)c1C. The third-order valence-corrected chi connectivity index (χ3v) is 4.43. The maximum Gasteiger partial charge on any atom is 0.134 e. The van der Waals surface area contributed by atoms with Crippen molar-refractivity contribution in [2.45, 2.75) is 46.5 Å². The molecule has 2 rings (SSSR count). The molecule has 1 heterocycles. The molecule has 21 heavy (non-hydrogen) atoms. The molecular formula is C16H28N4O. The van der Waals surface area contributed by atoms with Gasteiger partial charge in [-0.1, -0.05) is 12.8 Å². The Morgan fingerprint density at radius 3 is 2.29 bits per heavy atom. The molecule has 2 unspecified atom stereocenters. The van der Waals surface area contributed by atoms with Gasteiger partial charge in [-0.15, -0.1) is 0 Å². The summed E-state index contributed by atoms with van der Waals surface area (Å²) in [5.74, 6) is 3.58. The largest absolute Gasteiger partial charge is 0.396 e. The van der Waals surface area contributed by atoms with Crippen LogP contribution in [0.1, 0.15) is 44.0 Å². The van der Waals surface area contributed by atoms with Crippen molar-refractivity contribution in [2.24, 2.45) is 11.8 Å². The molecule has 1 aliphatic rings. The summed E-state index contributed by atoms with van der Waals surface area (Å²) in [6, 6.07) is 0. The second kappa shape index (κ2) is 7.59. The molecule has 1 fully saturated rings. The summed E-state index contributed by atoms with van der Waals surface area (Å²) in [5, 5.41) is 16.3. The van der Waals surface area contributed by atoms with E-state index in [1.54, 1.807) is 0 Å². The molecule has 0 radical (unpaired) electrons.